The Morgan fingerprint density at radius 3 is 2.10 bits per heavy atom. The Labute approximate surface area is 193 Å². The van der Waals surface area contributed by atoms with Crippen LogP contribution in [0, 0.1) is 0 Å². The lowest BCUT2D eigenvalue weighted by molar-refractivity contribution is 0.253. The van der Waals surface area contributed by atoms with Crippen molar-refractivity contribution < 1.29 is 0 Å². The maximum atomic E-state index is 6.49. The van der Waals surface area contributed by atoms with E-state index in [-0.39, 0.29) is 30.4 Å². The van der Waals surface area contributed by atoms with E-state index in [1.807, 2.05) is 24.3 Å². The molecule has 2 N–H and O–H groups in total. The number of nitrogens with two attached hydrogens (primary N) is 1. The van der Waals surface area contributed by atoms with Crippen LogP contribution in [0.5, 0.6) is 0 Å². The summed E-state index contributed by atoms with van der Waals surface area (Å²) in [5, 5.41) is 0.471. The quantitative estimate of drug-likeness (QED) is 0.343. The Kier molecular flexibility index (Phi) is 6.68. The summed E-state index contributed by atoms with van der Waals surface area (Å²) >= 11 is 6.10. The first-order chi connectivity index (χ1) is 13.6. The Morgan fingerprint density at radius 1 is 0.767 bits per heavy atom. The third kappa shape index (κ3) is 4.03. The van der Waals surface area contributed by atoms with Gasteiger partial charge < -0.3 is 5.73 Å². The van der Waals surface area contributed by atoms with Crippen molar-refractivity contribution in [3.63, 3.8) is 0 Å². The molecule has 1 saturated carbocycles. The van der Waals surface area contributed by atoms with Gasteiger partial charge in [-0.2, -0.15) is 0 Å². The van der Waals surface area contributed by atoms with E-state index in [9.17, 15) is 0 Å². The molecular weight excluding hydrogens is 437 g/mol. The minimum Gasteiger partial charge on any atom is -0.321 e. The van der Waals surface area contributed by atoms with Crippen LogP contribution in [-0.4, -0.2) is 9.97 Å². The SMILES string of the molecule is Cl.Cl.NC1(c2ccc(-c3nc4ccc(Cl)nc4cc3-c3ccccc3)cc2)CCC1. The number of hydrogen-bond donors (Lipinski definition) is 1. The average molecular weight is 459 g/mol. The second-order valence-electron chi connectivity index (χ2n) is 7.51. The molecule has 6 heteroatoms. The summed E-state index contributed by atoms with van der Waals surface area (Å²) in [6.45, 7) is 0. The molecule has 0 atom stereocenters. The van der Waals surface area contributed by atoms with Gasteiger partial charge in [0.15, 0.2) is 0 Å². The van der Waals surface area contributed by atoms with Crippen LogP contribution in [0.1, 0.15) is 24.8 Å². The molecule has 2 heterocycles. The molecule has 30 heavy (non-hydrogen) atoms. The van der Waals surface area contributed by atoms with Gasteiger partial charge in [0.05, 0.1) is 16.7 Å². The van der Waals surface area contributed by atoms with Gasteiger partial charge in [0, 0.05) is 16.7 Å². The van der Waals surface area contributed by atoms with Gasteiger partial charge in [0.2, 0.25) is 0 Å². The number of hydrogen-bond acceptors (Lipinski definition) is 3. The third-order valence-electron chi connectivity index (χ3n) is 5.70. The summed E-state index contributed by atoms with van der Waals surface area (Å²) in [4.78, 5) is 9.38. The molecule has 3 nitrogen and oxygen atoms in total. The van der Waals surface area contributed by atoms with Crippen LogP contribution in [-0.2, 0) is 5.54 Å². The molecule has 1 aliphatic rings. The van der Waals surface area contributed by atoms with E-state index >= 15 is 0 Å². The standard InChI is InChI=1S/C24H20ClN3.2ClH/c25-22-12-11-20-21(27-22)15-19(16-5-2-1-3-6-16)23(28-20)17-7-9-18(10-8-17)24(26)13-4-14-24;;/h1-3,5-12,15H,4,13-14,26H2;2*1H. The highest BCUT2D eigenvalue weighted by Gasteiger charge is 2.34. The van der Waals surface area contributed by atoms with Gasteiger partial charge in [0.25, 0.3) is 0 Å². The number of halogens is 3. The lowest BCUT2D eigenvalue weighted by Gasteiger charge is -2.38. The van der Waals surface area contributed by atoms with Crippen LogP contribution in [0.2, 0.25) is 5.15 Å². The zero-order valence-corrected chi connectivity index (χ0v) is 18.6. The fourth-order valence-electron chi connectivity index (χ4n) is 3.89. The highest BCUT2D eigenvalue weighted by molar-refractivity contribution is 6.29. The van der Waals surface area contributed by atoms with Crippen LogP contribution in [0.15, 0.2) is 72.8 Å². The molecule has 4 aromatic rings. The summed E-state index contributed by atoms with van der Waals surface area (Å²) in [6, 6.07) is 24.6. The van der Waals surface area contributed by atoms with E-state index in [2.05, 4.69) is 47.4 Å². The Hall–Kier alpha value is -2.17. The molecule has 0 bridgehead atoms. The smallest absolute Gasteiger partial charge is 0.129 e. The maximum Gasteiger partial charge on any atom is 0.129 e. The molecule has 0 unspecified atom stereocenters. The van der Waals surface area contributed by atoms with Gasteiger partial charge in [0.1, 0.15) is 5.15 Å². The highest BCUT2D eigenvalue weighted by atomic mass is 35.5. The first-order valence-corrected chi connectivity index (χ1v) is 9.93. The van der Waals surface area contributed by atoms with Crippen molar-refractivity contribution in [2.45, 2.75) is 24.8 Å². The molecule has 154 valence electrons. The number of benzene rings is 2. The zero-order chi connectivity index (χ0) is 19.1. The highest BCUT2D eigenvalue weighted by Crippen LogP contribution is 2.40. The molecule has 0 spiro atoms. The number of aromatic nitrogens is 2. The molecule has 0 aliphatic heterocycles. The van der Waals surface area contributed by atoms with Crippen molar-refractivity contribution in [1.29, 1.82) is 0 Å². The fourth-order valence-corrected chi connectivity index (χ4v) is 4.05. The Morgan fingerprint density at radius 2 is 1.47 bits per heavy atom. The lowest BCUT2D eigenvalue weighted by atomic mass is 9.72. The maximum absolute atomic E-state index is 6.49. The number of fused-ring (bicyclic) bond motifs is 1. The van der Waals surface area contributed by atoms with Crippen LogP contribution < -0.4 is 5.73 Å². The van der Waals surface area contributed by atoms with E-state index in [4.69, 9.17) is 22.3 Å². The molecule has 2 aromatic carbocycles. The van der Waals surface area contributed by atoms with E-state index in [1.165, 1.54) is 12.0 Å². The third-order valence-corrected chi connectivity index (χ3v) is 5.91. The normalized spacial score (nSPS) is 14.3. The van der Waals surface area contributed by atoms with Gasteiger partial charge in [-0.05, 0) is 48.6 Å². The van der Waals surface area contributed by atoms with E-state index < -0.39 is 0 Å². The Bertz CT molecular complexity index is 1160. The van der Waals surface area contributed by atoms with Gasteiger partial charge in [-0.25, -0.2) is 9.97 Å². The van der Waals surface area contributed by atoms with Gasteiger partial charge in [-0.3, -0.25) is 0 Å². The first-order valence-electron chi connectivity index (χ1n) is 9.55. The van der Waals surface area contributed by atoms with E-state index in [0.29, 0.717) is 5.15 Å². The second kappa shape index (κ2) is 8.91. The fraction of sp³-hybridized carbons (Fsp3) is 0.167. The molecular formula is C24H22Cl3N3. The minimum absolute atomic E-state index is 0. The first kappa shape index (κ1) is 22.5. The van der Waals surface area contributed by atoms with Gasteiger partial charge in [-0.15, -0.1) is 24.8 Å². The van der Waals surface area contributed by atoms with Crippen LogP contribution in [0.25, 0.3) is 33.4 Å². The molecule has 1 fully saturated rings. The number of rotatable bonds is 3. The second-order valence-corrected chi connectivity index (χ2v) is 7.90. The summed E-state index contributed by atoms with van der Waals surface area (Å²) < 4.78 is 0. The summed E-state index contributed by atoms with van der Waals surface area (Å²) in [7, 11) is 0. The topological polar surface area (TPSA) is 51.8 Å². The molecule has 1 aliphatic carbocycles. The minimum atomic E-state index is -0.154. The van der Waals surface area contributed by atoms with Crippen LogP contribution in [0.4, 0.5) is 0 Å². The summed E-state index contributed by atoms with van der Waals surface area (Å²) in [5.41, 5.74) is 13.3. The van der Waals surface area contributed by atoms with Crippen LogP contribution >= 0.6 is 36.4 Å². The molecule has 5 rings (SSSR count). The molecule has 0 radical (unpaired) electrons. The molecule has 2 aromatic heterocycles. The van der Waals surface area contributed by atoms with Crippen molar-refractivity contribution in [2.24, 2.45) is 5.73 Å². The van der Waals surface area contributed by atoms with Crippen molar-refractivity contribution in [1.82, 2.24) is 9.97 Å². The number of pyridine rings is 2. The molecule has 0 amide bonds. The van der Waals surface area contributed by atoms with Crippen molar-refractivity contribution in [2.75, 3.05) is 0 Å². The van der Waals surface area contributed by atoms with Crippen LogP contribution in [0.3, 0.4) is 0 Å². The van der Waals surface area contributed by atoms with Crippen molar-refractivity contribution >= 4 is 47.4 Å². The van der Waals surface area contributed by atoms with Gasteiger partial charge >= 0.3 is 0 Å². The average Bonchev–Trinajstić information content (AvgIpc) is 2.72. The predicted molar refractivity (Wildman–Crippen MR) is 130 cm³/mol. The van der Waals surface area contributed by atoms with Crippen molar-refractivity contribution in [3.8, 4) is 22.4 Å². The predicted octanol–water partition coefficient (Wildman–Crippen LogP) is 6.80. The van der Waals surface area contributed by atoms with Gasteiger partial charge in [-0.1, -0.05) is 66.2 Å². The largest absolute Gasteiger partial charge is 0.321 e. The summed E-state index contributed by atoms with van der Waals surface area (Å²) in [6.07, 6.45) is 3.32. The van der Waals surface area contributed by atoms with Crippen molar-refractivity contribution in [3.05, 3.63) is 83.5 Å². The Balaban J connectivity index is 0.00000128. The zero-order valence-electron chi connectivity index (χ0n) is 16.2. The van der Waals surface area contributed by atoms with E-state index in [0.717, 1.165) is 46.3 Å². The van der Waals surface area contributed by atoms with E-state index in [1.54, 1.807) is 6.07 Å². The molecule has 0 saturated heterocycles. The summed E-state index contributed by atoms with van der Waals surface area (Å²) in [5.74, 6) is 0. The number of nitrogens with zero attached hydrogens (tertiary/aromatic N) is 2. The lowest BCUT2D eigenvalue weighted by Crippen LogP contribution is -2.43. The monoisotopic (exact) mass is 457 g/mol.